The highest BCUT2D eigenvalue weighted by Gasteiger charge is 2.32. The molecule has 3 rings (SSSR count). The number of rotatable bonds is 5. The van der Waals surface area contributed by atoms with Crippen LogP contribution in [0.3, 0.4) is 0 Å². The molecule has 0 unspecified atom stereocenters. The van der Waals surface area contributed by atoms with Crippen molar-refractivity contribution in [3.05, 3.63) is 57.6 Å². The molecule has 3 amide bonds. The fourth-order valence-corrected chi connectivity index (χ4v) is 3.20. The molecule has 2 aromatic carbocycles. The lowest BCUT2D eigenvalue weighted by Crippen LogP contribution is -2.24. The Hall–Kier alpha value is -2.86. The van der Waals surface area contributed by atoms with Crippen LogP contribution < -0.4 is 10.1 Å². The molecule has 0 bridgehead atoms. The van der Waals surface area contributed by atoms with Gasteiger partial charge in [0, 0.05) is 17.8 Å². The fourth-order valence-electron chi connectivity index (χ4n) is 3.03. The first-order valence-electron chi connectivity index (χ1n) is 8.88. The molecule has 2 aromatic rings. The quantitative estimate of drug-likeness (QED) is 0.769. The van der Waals surface area contributed by atoms with Gasteiger partial charge < -0.3 is 10.1 Å². The average molecular weight is 401 g/mol. The highest BCUT2D eigenvalue weighted by molar-refractivity contribution is 6.31. The summed E-state index contributed by atoms with van der Waals surface area (Å²) >= 11 is 6.19. The normalized spacial score (nSPS) is 13.1. The number of nitrogens with zero attached hydrogens (tertiary/aromatic N) is 1. The molecule has 1 aliphatic heterocycles. The summed E-state index contributed by atoms with van der Waals surface area (Å²) in [7, 11) is 1.43. The second-order valence-corrected chi connectivity index (χ2v) is 7.47. The maximum absolute atomic E-state index is 12.3. The Labute approximate surface area is 168 Å². The van der Waals surface area contributed by atoms with E-state index >= 15 is 0 Å². The third-order valence-corrected chi connectivity index (χ3v) is 5.05. The predicted molar refractivity (Wildman–Crippen MR) is 107 cm³/mol. The number of halogens is 1. The minimum Gasteiger partial charge on any atom is -0.483 e. The first-order chi connectivity index (χ1) is 13.2. The molecule has 0 aromatic heterocycles. The van der Waals surface area contributed by atoms with E-state index in [-0.39, 0.29) is 35.8 Å². The molecule has 0 radical (unpaired) electrons. The second kappa shape index (κ2) is 7.64. The number of carbonyl (C=O) groups is 3. The maximum atomic E-state index is 12.3. The molecule has 0 aliphatic carbocycles. The molecule has 6 nitrogen and oxygen atoms in total. The van der Waals surface area contributed by atoms with E-state index in [4.69, 9.17) is 16.3 Å². The molecule has 0 saturated carbocycles. The summed E-state index contributed by atoms with van der Waals surface area (Å²) in [4.78, 5) is 37.4. The SMILES string of the molecule is Cc1cc(OCC(=O)Nc2ccc3c(c2)C(=O)N(C)C3=O)c(C(C)C)cc1Cl. The van der Waals surface area contributed by atoms with Crippen molar-refractivity contribution in [2.45, 2.75) is 26.7 Å². The number of ether oxygens (including phenoxy) is 1. The fraction of sp³-hybridized carbons (Fsp3) is 0.286. The summed E-state index contributed by atoms with van der Waals surface area (Å²) in [6.45, 7) is 5.73. The number of fused-ring (bicyclic) bond motifs is 1. The van der Waals surface area contributed by atoms with Crippen molar-refractivity contribution < 1.29 is 19.1 Å². The van der Waals surface area contributed by atoms with Crippen molar-refractivity contribution in [1.82, 2.24) is 4.90 Å². The minimum absolute atomic E-state index is 0.188. The Morgan fingerprint density at radius 1 is 1.14 bits per heavy atom. The smallest absolute Gasteiger partial charge is 0.262 e. The molecule has 7 heteroatoms. The Morgan fingerprint density at radius 2 is 1.82 bits per heavy atom. The van der Waals surface area contributed by atoms with Crippen molar-refractivity contribution in [1.29, 1.82) is 0 Å². The number of hydrogen-bond donors (Lipinski definition) is 1. The monoisotopic (exact) mass is 400 g/mol. The molecular formula is C21H21ClN2O4. The lowest BCUT2D eigenvalue weighted by atomic mass is 10.0. The van der Waals surface area contributed by atoms with Gasteiger partial charge in [-0.2, -0.15) is 0 Å². The van der Waals surface area contributed by atoms with Crippen molar-refractivity contribution in [3.8, 4) is 5.75 Å². The topological polar surface area (TPSA) is 75.7 Å². The Morgan fingerprint density at radius 3 is 2.50 bits per heavy atom. The summed E-state index contributed by atoms with van der Waals surface area (Å²) in [5, 5.41) is 3.35. The van der Waals surface area contributed by atoms with Gasteiger partial charge in [-0.25, -0.2) is 0 Å². The van der Waals surface area contributed by atoms with Crippen molar-refractivity contribution >= 4 is 35.0 Å². The lowest BCUT2D eigenvalue weighted by Gasteiger charge is -2.16. The summed E-state index contributed by atoms with van der Waals surface area (Å²) < 4.78 is 5.72. The van der Waals surface area contributed by atoms with Crippen molar-refractivity contribution in [2.75, 3.05) is 19.0 Å². The van der Waals surface area contributed by atoms with Gasteiger partial charge in [0.15, 0.2) is 6.61 Å². The minimum atomic E-state index is -0.384. The van der Waals surface area contributed by atoms with Crippen LogP contribution in [0, 0.1) is 6.92 Å². The standard InChI is InChI=1S/C21H21ClN2O4/c1-11(2)15-9-17(22)12(3)7-18(15)28-10-19(25)23-13-5-6-14-16(8-13)21(27)24(4)20(14)26/h5-9,11H,10H2,1-4H3,(H,23,25). The van der Waals surface area contributed by atoms with Crippen LogP contribution in [0.15, 0.2) is 30.3 Å². The van der Waals surface area contributed by atoms with Crippen LogP contribution >= 0.6 is 11.6 Å². The van der Waals surface area contributed by atoms with Crippen LogP contribution in [0.25, 0.3) is 0 Å². The summed E-state index contributed by atoms with van der Waals surface area (Å²) in [5.74, 6) is -0.296. The molecule has 1 aliphatic rings. The predicted octanol–water partition coefficient (Wildman–Crippen LogP) is 4.02. The zero-order valence-corrected chi connectivity index (χ0v) is 16.9. The number of nitrogens with one attached hydrogen (secondary N) is 1. The van der Waals surface area contributed by atoms with E-state index in [1.807, 2.05) is 32.9 Å². The van der Waals surface area contributed by atoms with Crippen LogP contribution in [-0.2, 0) is 4.79 Å². The van der Waals surface area contributed by atoms with Crippen molar-refractivity contribution in [2.24, 2.45) is 0 Å². The van der Waals surface area contributed by atoms with Gasteiger partial charge in [0.25, 0.3) is 17.7 Å². The van der Waals surface area contributed by atoms with Crippen LogP contribution in [0.4, 0.5) is 5.69 Å². The van der Waals surface area contributed by atoms with Gasteiger partial charge in [-0.1, -0.05) is 25.4 Å². The molecule has 1 N–H and O–H groups in total. The largest absolute Gasteiger partial charge is 0.483 e. The number of carbonyl (C=O) groups excluding carboxylic acids is 3. The molecule has 1 heterocycles. The lowest BCUT2D eigenvalue weighted by molar-refractivity contribution is -0.118. The van der Waals surface area contributed by atoms with Gasteiger partial charge in [0.1, 0.15) is 5.75 Å². The number of hydrogen-bond acceptors (Lipinski definition) is 4. The molecule has 0 spiro atoms. The molecule has 0 atom stereocenters. The Bertz CT molecular complexity index is 985. The molecule has 0 fully saturated rings. The van der Waals surface area contributed by atoms with E-state index in [0.29, 0.717) is 22.0 Å². The van der Waals surface area contributed by atoms with Gasteiger partial charge in [0.2, 0.25) is 0 Å². The summed E-state index contributed by atoms with van der Waals surface area (Å²) in [6, 6.07) is 8.31. The number of benzene rings is 2. The molecule has 146 valence electrons. The van der Waals surface area contributed by atoms with Gasteiger partial charge >= 0.3 is 0 Å². The summed E-state index contributed by atoms with van der Waals surface area (Å²) in [6.07, 6.45) is 0. The maximum Gasteiger partial charge on any atom is 0.262 e. The van der Waals surface area contributed by atoms with Crippen molar-refractivity contribution in [3.63, 3.8) is 0 Å². The van der Waals surface area contributed by atoms with Gasteiger partial charge in [0.05, 0.1) is 11.1 Å². The highest BCUT2D eigenvalue weighted by Crippen LogP contribution is 2.32. The molecule has 0 saturated heterocycles. The zero-order chi connectivity index (χ0) is 20.6. The first-order valence-corrected chi connectivity index (χ1v) is 9.26. The van der Waals surface area contributed by atoms with E-state index in [0.717, 1.165) is 16.0 Å². The van der Waals surface area contributed by atoms with Crippen LogP contribution in [0.1, 0.15) is 51.6 Å². The third-order valence-electron chi connectivity index (χ3n) is 4.65. The second-order valence-electron chi connectivity index (χ2n) is 7.06. The average Bonchev–Trinajstić information content (AvgIpc) is 2.86. The van der Waals surface area contributed by atoms with Crippen LogP contribution in [0.5, 0.6) is 5.75 Å². The number of imide groups is 1. The van der Waals surface area contributed by atoms with E-state index in [1.54, 1.807) is 6.07 Å². The van der Waals surface area contributed by atoms with Gasteiger partial charge in [-0.3, -0.25) is 19.3 Å². The van der Waals surface area contributed by atoms with E-state index in [2.05, 4.69) is 5.32 Å². The van der Waals surface area contributed by atoms with Crippen LogP contribution in [0.2, 0.25) is 5.02 Å². The number of anilines is 1. The number of amides is 3. The van der Waals surface area contributed by atoms with E-state index in [9.17, 15) is 14.4 Å². The molecular weight excluding hydrogens is 380 g/mol. The zero-order valence-electron chi connectivity index (χ0n) is 16.1. The first kappa shape index (κ1) is 19.9. The van der Waals surface area contributed by atoms with E-state index < -0.39 is 0 Å². The van der Waals surface area contributed by atoms with Gasteiger partial charge in [-0.05, 0) is 54.3 Å². The van der Waals surface area contributed by atoms with Crippen LogP contribution in [-0.4, -0.2) is 36.3 Å². The summed E-state index contributed by atoms with van der Waals surface area (Å²) in [5.41, 5.74) is 2.84. The van der Waals surface area contributed by atoms with E-state index in [1.165, 1.54) is 19.2 Å². The Kier molecular flexibility index (Phi) is 5.42. The third kappa shape index (κ3) is 3.73. The van der Waals surface area contributed by atoms with Gasteiger partial charge in [-0.15, -0.1) is 0 Å². The number of aryl methyl sites for hydroxylation is 1. The highest BCUT2D eigenvalue weighted by atomic mass is 35.5. The Balaban J connectivity index is 1.70. The molecule has 28 heavy (non-hydrogen) atoms.